The lowest BCUT2D eigenvalue weighted by molar-refractivity contribution is -0.141. The summed E-state index contributed by atoms with van der Waals surface area (Å²) >= 11 is 3.38. The largest absolute Gasteiger partial charge is 0.469 e. The van der Waals surface area contributed by atoms with E-state index in [2.05, 4.69) is 26.6 Å². The number of methoxy groups -OCH3 is 1. The Balaban J connectivity index is 1.91. The van der Waals surface area contributed by atoms with Crippen molar-refractivity contribution in [3.05, 3.63) is 70.2 Å². The quantitative estimate of drug-likeness (QED) is 0.627. The van der Waals surface area contributed by atoms with Crippen LogP contribution in [0.2, 0.25) is 0 Å². The molecule has 0 fully saturated rings. The van der Waals surface area contributed by atoms with Crippen LogP contribution in [0.5, 0.6) is 0 Å². The van der Waals surface area contributed by atoms with Gasteiger partial charge in [-0.05, 0) is 29.8 Å². The van der Waals surface area contributed by atoms with E-state index in [0.29, 0.717) is 5.56 Å². The van der Waals surface area contributed by atoms with Crippen LogP contribution in [-0.2, 0) is 14.3 Å². The number of carbonyl (C=O) groups is 3. The van der Waals surface area contributed by atoms with Gasteiger partial charge in [-0.3, -0.25) is 14.4 Å². The van der Waals surface area contributed by atoms with Crippen LogP contribution in [-0.4, -0.2) is 31.4 Å². The molecule has 27 heavy (non-hydrogen) atoms. The van der Waals surface area contributed by atoms with E-state index in [1.807, 2.05) is 30.3 Å². The molecule has 0 aliphatic carbocycles. The Bertz CT molecular complexity index is 796. The number of ether oxygens (including phenoxy) is 1. The van der Waals surface area contributed by atoms with Crippen molar-refractivity contribution in [2.24, 2.45) is 0 Å². The van der Waals surface area contributed by atoms with Gasteiger partial charge in [-0.15, -0.1) is 0 Å². The van der Waals surface area contributed by atoms with Gasteiger partial charge in [-0.25, -0.2) is 0 Å². The molecule has 0 aromatic heterocycles. The number of amides is 2. The highest BCUT2D eigenvalue weighted by molar-refractivity contribution is 9.10. The summed E-state index contributed by atoms with van der Waals surface area (Å²) in [5, 5.41) is 5.53. The third-order valence-electron chi connectivity index (χ3n) is 3.86. The average molecular weight is 433 g/mol. The second-order valence-electron chi connectivity index (χ2n) is 5.83. The van der Waals surface area contributed by atoms with E-state index in [1.165, 1.54) is 7.11 Å². The molecule has 0 saturated carbocycles. The maximum atomic E-state index is 12.3. The Labute approximate surface area is 166 Å². The van der Waals surface area contributed by atoms with Crippen molar-refractivity contribution in [1.82, 2.24) is 10.6 Å². The monoisotopic (exact) mass is 432 g/mol. The van der Waals surface area contributed by atoms with E-state index < -0.39 is 12.0 Å². The van der Waals surface area contributed by atoms with Crippen LogP contribution < -0.4 is 10.6 Å². The van der Waals surface area contributed by atoms with Gasteiger partial charge in [0.05, 0.1) is 19.6 Å². The van der Waals surface area contributed by atoms with Crippen molar-refractivity contribution in [3.8, 4) is 0 Å². The van der Waals surface area contributed by atoms with Crippen molar-refractivity contribution in [2.75, 3.05) is 13.7 Å². The highest BCUT2D eigenvalue weighted by Gasteiger charge is 2.19. The lowest BCUT2D eigenvalue weighted by Crippen LogP contribution is -2.34. The second kappa shape index (κ2) is 10.5. The van der Waals surface area contributed by atoms with Crippen LogP contribution in [0.3, 0.4) is 0 Å². The topological polar surface area (TPSA) is 84.5 Å². The number of nitrogens with one attached hydrogen (secondary N) is 2. The van der Waals surface area contributed by atoms with Crippen LogP contribution in [0, 0.1) is 0 Å². The number of hydrogen-bond donors (Lipinski definition) is 2. The molecule has 0 bridgehead atoms. The fourth-order valence-electron chi connectivity index (χ4n) is 2.47. The van der Waals surface area contributed by atoms with Gasteiger partial charge in [0, 0.05) is 23.0 Å². The van der Waals surface area contributed by atoms with Crippen LogP contribution in [0.1, 0.15) is 34.8 Å². The molecule has 1 unspecified atom stereocenters. The second-order valence-corrected chi connectivity index (χ2v) is 6.74. The van der Waals surface area contributed by atoms with E-state index in [1.54, 1.807) is 24.3 Å². The third kappa shape index (κ3) is 6.86. The molecule has 2 aromatic rings. The van der Waals surface area contributed by atoms with Crippen molar-refractivity contribution >= 4 is 33.7 Å². The third-order valence-corrected chi connectivity index (χ3v) is 4.35. The number of halogens is 1. The molecule has 0 heterocycles. The molecule has 142 valence electrons. The number of benzene rings is 2. The molecule has 2 N–H and O–H groups in total. The van der Waals surface area contributed by atoms with Gasteiger partial charge >= 0.3 is 5.97 Å². The fourth-order valence-corrected chi connectivity index (χ4v) is 2.89. The first-order valence-electron chi connectivity index (χ1n) is 8.44. The van der Waals surface area contributed by atoms with Crippen molar-refractivity contribution < 1.29 is 19.1 Å². The minimum Gasteiger partial charge on any atom is -0.469 e. The molecule has 2 amide bonds. The fraction of sp³-hybridized carbons (Fsp3) is 0.250. The molecule has 1 atom stereocenters. The number of carbonyl (C=O) groups excluding carboxylic acids is 3. The summed E-state index contributed by atoms with van der Waals surface area (Å²) in [5.41, 5.74) is 1.33. The molecule has 2 aromatic carbocycles. The Kier molecular flexibility index (Phi) is 8.00. The first-order valence-corrected chi connectivity index (χ1v) is 9.24. The van der Waals surface area contributed by atoms with Gasteiger partial charge in [0.25, 0.3) is 5.91 Å². The predicted molar refractivity (Wildman–Crippen MR) is 105 cm³/mol. The molecular formula is C20H21BrN2O4. The van der Waals surface area contributed by atoms with Crippen molar-refractivity contribution in [2.45, 2.75) is 18.9 Å². The average Bonchev–Trinajstić information content (AvgIpc) is 2.68. The smallest absolute Gasteiger partial charge is 0.307 e. The summed E-state index contributed by atoms with van der Waals surface area (Å²) < 4.78 is 5.56. The SMILES string of the molecule is COC(=O)CC(NC(=O)CCNC(=O)c1ccccc1)c1cccc(Br)c1. The van der Waals surface area contributed by atoms with Crippen molar-refractivity contribution in [3.63, 3.8) is 0 Å². The predicted octanol–water partition coefficient (Wildman–Crippen LogP) is 2.99. The molecule has 0 aliphatic rings. The summed E-state index contributed by atoms with van der Waals surface area (Å²) in [5.74, 6) is -0.920. The molecule has 0 saturated heterocycles. The number of esters is 1. The van der Waals surface area contributed by atoms with Crippen molar-refractivity contribution in [1.29, 1.82) is 0 Å². The highest BCUT2D eigenvalue weighted by atomic mass is 79.9. The van der Waals surface area contributed by atoms with Gasteiger partial charge in [-0.1, -0.05) is 46.3 Å². The summed E-state index contributed by atoms with van der Waals surface area (Å²) in [6.45, 7) is 0.197. The zero-order valence-corrected chi connectivity index (χ0v) is 16.5. The summed E-state index contributed by atoms with van der Waals surface area (Å²) in [4.78, 5) is 35.9. The Hall–Kier alpha value is -2.67. The summed E-state index contributed by atoms with van der Waals surface area (Å²) in [7, 11) is 1.31. The zero-order chi connectivity index (χ0) is 19.6. The number of rotatable bonds is 8. The molecule has 0 aliphatic heterocycles. The molecular weight excluding hydrogens is 412 g/mol. The first kappa shape index (κ1) is 20.6. The van der Waals surface area contributed by atoms with Gasteiger partial charge < -0.3 is 15.4 Å². The van der Waals surface area contributed by atoms with Gasteiger partial charge in [0.15, 0.2) is 0 Å². The van der Waals surface area contributed by atoms with E-state index in [0.717, 1.165) is 10.0 Å². The van der Waals surface area contributed by atoms with Gasteiger partial charge in [0.1, 0.15) is 0 Å². The van der Waals surface area contributed by atoms with Gasteiger partial charge in [0.2, 0.25) is 5.91 Å². The maximum Gasteiger partial charge on any atom is 0.307 e. The Morgan fingerprint density at radius 1 is 1.07 bits per heavy atom. The Morgan fingerprint density at radius 2 is 1.81 bits per heavy atom. The molecule has 0 spiro atoms. The normalized spacial score (nSPS) is 11.3. The summed E-state index contributed by atoms with van der Waals surface area (Å²) in [6.07, 6.45) is 0.124. The molecule has 6 nitrogen and oxygen atoms in total. The maximum absolute atomic E-state index is 12.3. The lowest BCUT2D eigenvalue weighted by Gasteiger charge is -2.18. The number of hydrogen-bond acceptors (Lipinski definition) is 4. The Morgan fingerprint density at radius 3 is 2.48 bits per heavy atom. The molecule has 0 radical (unpaired) electrons. The van der Waals surface area contributed by atoms with E-state index >= 15 is 0 Å². The van der Waals surface area contributed by atoms with E-state index in [4.69, 9.17) is 4.74 Å². The molecule has 7 heteroatoms. The lowest BCUT2D eigenvalue weighted by atomic mass is 10.0. The van der Waals surface area contributed by atoms with Crippen LogP contribution in [0.4, 0.5) is 0 Å². The highest BCUT2D eigenvalue weighted by Crippen LogP contribution is 2.21. The zero-order valence-electron chi connectivity index (χ0n) is 14.9. The summed E-state index contributed by atoms with van der Waals surface area (Å²) in [6, 6.07) is 15.6. The van der Waals surface area contributed by atoms with Gasteiger partial charge in [-0.2, -0.15) is 0 Å². The van der Waals surface area contributed by atoms with Crippen LogP contribution in [0.15, 0.2) is 59.1 Å². The van der Waals surface area contributed by atoms with Crippen LogP contribution in [0.25, 0.3) is 0 Å². The van der Waals surface area contributed by atoms with Crippen LogP contribution >= 0.6 is 15.9 Å². The molecule has 2 rings (SSSR count). The van der Waals surface area contributed by atoms with E-state index in [9.17, 15) is 14.4 Å². The first-order chi connectivity index (χ1) is 13.0. The standard InChI is InChI=1S/C20H21BrN2O4/c1-27-19(25)13-17(15-8-5-9-16(21)12-15)23-18(24)10-11-22-20(26)14-6-3-2-4-7-14/h2-9,12,17H,10-11,13H2,1H3,(H,22,26)(H,23,24). The van der Waals surface area contributed by atoms with E-state index in [-0.39, 0.29) is 31.2 Å². The minimum atomic E-state index is -0.507. The minimum absolute atomic E-state index is 0.0229.